The highest BCUT2D eigenvalue weighted by Crippen LogP contribution is 2.25. The Balaban J connectivity index is 2.15. The average Bonchev–Trinajstić information content (AvgIpc) is 2.86. The van der Waals surface area contributed by atoms with Crippen LogP contribution in [0.3, 0.4) is 0 Å². The summed E-state index contributed by atoms with van der Waals surface area (Å²) < 4.78 is 0.951. The molecule has 1 atom stereocenters. The van der Waals surface area contributed by atoms with Crippen LogP contribution < -0.4 is 11.1 Å². The first-order valence-corrected chi connectivity index (χ1v) is 7.15. The zero-order chi connectivity index (χ0) is 15.4. The van der Waals surface area contributed by atoms with Crippen molar-refractivity contribution in [3.63, 3.8) is 0 Å². The van der Waals surface area contributed by atoms with Gasteiger partial charge >= 0.3 is 5.97 Å². The van der Waals surface area contributed by atoms with Crippen molar-refractivity contribution < 1.29 is 19.5 Å². The van der Waals surface area contributed by atoms with E-state index in [0.29, 0.717) is 5.56 Å². The van der Waals surface area contributed by atoms with Crippen LogP contribution in [0.1, 0.15) is 23.2 Å². The van der Waals surface area contributed by atoms with E-state index in [2.05, 4.69) is 5.32 Å². The van der Waals surface area contributed by atoms with Crippen LogP contribution in [0.25, 0.3) is 10.1 Å². The number of carbonyl (C=O) groups excluding carboxylic acids is 2. The summed E-state index contributed by atoms with van der Waals surface area (Å²) in [5, 5.41) is 14.0. The van der Waals surface area contributed by atoms with Gasteiger partial charge in [0.2, 0.25) is 5.91 Å². The molecule has 7 heteroatoms. The van der Waals surface area contributed by atoms with Crippen LogP contribution in [-0.2, 0) is 9.59 Å². The fourth-order valence-electron chi connectivity index (χ4n) is 1.93. The fraction of sp³-hybridized carbons (Fsp3) is 0.214. The van der Waals surface area contributed by atoms with Gasteiger partial charge in [-0.05, 0) is 12.5 Å². The molecule has 0 unspecified atom stereocenters. The molecule has 0 aliphatic rings. The zero-order valence-electron chi connectivity index (χ0n) is 11.0. The van der Waals surface area contributed by atoms with E-state index >= 15 is 0 Å². The second-order valence-electron chi connectivity index (χ2n) is 4.51. The van der Waals surface area contributed by atoms with Gasteiger partial charge in [0.15, 0.2) is 0 Å². The van der Waals surface area contributed by atoms with Crippen LogP contribution >= 0.6 is 11.3 Å². The summed E-state index contributed by atoms with van der Waals surface area (Å²) in [5.41, 5.74) is 5.43. The average molecular weight is 306 g/mol. The molecular weight excluding hydrogens is 292 g/mol. The molecule has 2 amide bonds. The Bertz CT molecular complexity index is 695. The molecule has 110 valence electrons. The molecule has 2 aromatic rings. The standard InChI is InChI=1S/C14H14N2O4S/c15-12(17)6-5-10(14(19)20)16-13(18)9-7-21-11-4-2-1-3-8(9)11/h1-4,7,10H,5-6H2,(H2,15,17)(H,16,18)(H,19,20)/t10-/m1/s1. The maximum absolute atomic E-state index is 12.2. The highest BCUT2D eigenvalue weighted by molar-refractivity contribution is 7.17. The topological polar surface area (TPSA) is 109 Å². The number of primary amides is 1. The molecule has 0 saturated carbocycles. The number of carbonyl (C=O) groups is 3. The Labute approximate surface area is 124 Å². The first-order valence-electron chi connectivity index (χ1n) is 6.27. The number of carboxylic acids is 1. The van der Waals surface area contributed by atoms with Crippen LogP contribution in [0.15, 0.2) is 29.6 Å². The van der Waals surface area contributed by atoms with Crippen molar-refractivity contribution in [1.29, 1.82) is 0 Å². The number of nitrogens with one attached hydrogen (secondary N) is 1. The highest BCUT2D eigenvalue weighted by Gasteiger charge is 2.22. The molecule has 0 fully saturated rings. The minimum Gasteiger partial charge on any atom is -0.480 e. The molecule has 0 saturated heterocycles. The van der Waals surface area contributed by atoms with Crippen molar-refractivity contribution in [3.8, 4) is 0 Å². The van der Waals surface area contributed by atoms with Gasteiger partial charge in [-0.1, -0.05) is 18.2 Å². The van der Waals surface area contributed by atoms with Gasteiger partial charge in [0, 0.05) is 21.9 Å². The number of benzene rings is 1. The first kappa shape index (κ1) is 15.0. The Morgan fingerprint density at radius 1 is 1.29 bits per heavy atom. The normalized spacial score (nSPS) is 12.0. The molecule has 0 aliphatic carbocycles. The summed E-state index contributed by atoms with van der Waals surface area (Å²) in [6.07, 6.45) is -0.125. The number of hydrogen-bond donors (Lipinski definition) is 3. The lowest BCUT2D eigenvalue weighted by molar-refractivity contribution is -0.139. The highest BCUT2D eigenvalue weighted by atomic mass is 32.1. The molecule has 1 aromatic heterocycles. The number of nitrogens with two attached hydrogens (primary N) is 1. The third kappa shape index (κ3) is 3.57. The van der Waals surface area contributed by atoms with E-state index in [-0.39, 0.29) is 12.8 Å². The maximum atomic E-state index is 12.2. The predicted molar refractivity (Wildman–Crippen MR) is 79.1 cm³/mol. The number of thiophene rings is 1. The van der Waals surface area contributed by atoms with Gasteiger partial charge in [-0.15, -0.1) is 11.3 Å². The van der Waals surface area contributed by atoms with Crippen LogP contribution in [0.4, 0.5) is 0 Å². The number of fused-ring (bicyclic) bond motifs is 1. The molecule has 1 heterocycles. The number of carboxylic acid groups (broad SMARTS) is 1. The van der Waals surface area contributed by atoms with Gasteiger partial charge in [-0.25, -0.2) is 4.79 Å². The second kappa shape index (κ2) is 6.36. The largest absolute Gasteiger partial charge is 0.480 e. The van der Waals surface area contributed by atoms with Gasteiger partial charge in [0.25, 0.3) is 5.91 Å². The van der Waals surface area contributed by atoms with Crippen molar-refractivity contribution in [2.45, 2.75) is 18.9 Å². The second-order valence-corrected chi connectivity index (χ2v) is 5.43. The van der Waals surface area contributed by atoms with Crippen LogP contribution in [-0.4, -0.2) is 28.9 Å². The van der Waals surface area contributed by atoms with Crippen LogP contribution in [0.2, 0.25) is 0 Å². The first-order chi connectivity index (χ1) is 9.99. The smallest absolute Gasteiger partial charge is 0.326 e. The number of hydrogen-bond acceptors (Lipinski definition) is 4. The molecule has 1 aromatic carbocycles. The third-order valence-corrected chi connectivity index (χ3v) is 3.97. The van der Waals surface area contributed by atoms with Crippen LogP contribution in [0.5, 0.6) is 0 Å². The van der Waals surface area contributed by atoms with Crippen LogP contribution in [0, 0.1) is 0 Å². The van der Waals surface area contributed by atoms with E-state index < -0.39 is 23.8 Å². The lowest BCUT2D eigenvalue weighted by atomic mass is 10.1. The fourth-order valence-corrected chi connectivity index (χ4v) is 2.87. The molecule has 0 spiro atoms. The van der Waals surface area contributed by atoms with Crippen molar-refractivity contribution in [2.24, 2.45) is 5.73 Å². The van der Waals surface area contributed by atoms with Gasteiger partial charge < -0.3 is 16.2 Å². The van der Waals surface area contributed by atoms with E-state index in [1.807, 2.05) is 18.2 Å². The predicted octanol–water partition coefficient (Wildman–Crippen LogP) is 1.35. The third-order valence-electron chi connectivity index (χ3n) is 3.01. The molecule has 2 rings (SSSR count). The Kier molecular flexibility index (Phi) is 4.54. The SMILES string of the molecule is NC(=O)CC[C@@H](NC(=O)c1csc2ccccc12)C(=O)O. The van der Waals surface area contributed by atoms with Gasteiger partial charge in [0.1, 0.15) is 6.04 Å². The molecule has 0 radical (unpaired) electrons. The summed E-state index contributed by atoms with van der Waals surface area (Å²) >= 11 is 1.41. The molecule has 0 bridgehead atoms. The minimum atomic E-state index is -1.19. The van der Waals surface area contributed by atoms with E-state index in [0.717, 1.165) is 10.1 Å². The van der Waals surface area contributed by atoms with E-state index in [9.17, 15) is 14.4 Å². The van der Waals surface area contributed by atoms with Gasteiger partial charge in [-0.2, -0.15) is 0 Å². The maximum Gasteiger partial charge on any atom is 0.326 e. The minimum absolute atomic E-state index is 0.0293. The van der Waals surface area contributed by atoms with Crippen molar-refractivity contribution >= 4 is 39.2 Å². The lowest BCUT2D eigenvalue weighted by Crippen LogP contribution is -2.41. The number of rotatable bonds is 6. The van der Waals surface area contributed by atoms with Gasteiger partial charge in [-0.3, -0.25) is 9.59 Å². The molecule has 21 heavy (non-hydrogen) atoms. The Morgan fingerprint density at radius 2 is 2.00 bits per heavy atom. The summed E-state index contributed by atoms with van der Waals surface area (Å²) in [6, 6.07) is 6.24. The van der Waals surface area contributed by atoms with Crippen molar-refractivity contribution in [3.05, 3.63) is 35.2 Å². The molecule has 6 nitrogen and oxygen atoms in total. The zero-order valence-corrected chi connectivity index (χ0v) is 11.9. The molecule has 4 N–H and O–H groups in total. The lowest BCUT2D eigenvalue weighted by Gasteiger charge is -2.13. The van der Waals surface area contributed by atoms with Gasteiger partial charge in [0.05, 0.1) is 5.56 Å². The summed E-state index contributed by atoms with van der Waals surface area (Å²) in [7, 11) is 0. The van der Waals surface area contributed by atoms with Crippen molar-refractivity contribution in [1.82, 2.24) is 5.32 Å². The number of amides is 2. The molecule has 0 aliphatic heterocycles. The monoisotopic (exact) mass is 306 g/mol. The van der Waals surface area contributed by atoms with E-state index in [1.165, 1.54) is 11.3 Å². The summed E-state index contributed by atoms with van der Waals surface area (Å²) in [5.74, 6) is -2.26. The summed E-state index contributed by atoms with van der Waals surface area (Å²) in [6.45, 7) is 0. The Hall–Kier alpha value is -2.41. The summed E-state index contributed by atoms with van der Waals surface area (Å²) in [4.78, 5) is 34.0. The van der Waals surface area contributed by atoms with E-state index in [4.69, 9.17) is 10.8 Å². The quantitative estimate of drug-likeness (QED) is 0.748. The number of aliphatic carboxylic acids is 1. The Morgan fingerprint density at radius 3 is 2.67 bits per heavy atom. The van der Waals surface area contributed by atoms with Crippen molar-refractivity contribution in [2.75, 3.05) is 0 Å². The van der Waals surface area contributed by atoms with E-state index in [1.54, 1.807) is 11.4 Å². The molecular formula is C14H14N2O4S.